The van der Waals surface area contributed by atoms with Crippen LogP contribution >= 0.6 is 0 Å². The second-order valence-electron chi connectivity index (χ2n) is 5.36. The third-order valence-corrected chi connectivity index (χ3v) is 3.93. The average molecular weight is 276 g/mol. The number of rotatable bonds is 5. The molecule has 20 heavy (non-hydrogen) atoms. The molecule has 110 valence electrons. The first-order valence-electron chi connectivity index (χ1n) is 7.37. The number of nitrogens with two attached hydrogens (primary N) is 1. The molecule has 1 aromatic rings. The van der Waals surface area contributed by atoms with Crippen molar-refractivity contribution in [1.29, 1.82) is 0 Å². The molecule has 0 bridgehead atoms. The first kappa shape index (κ1) is 14.9. The lowest BCUT2D eigenvalue weighted by Crippen LogP contribution is -2.43. The van der Waals surface area contributed by atoms with Crippen molar-refractivity contribution in [2.24, 2.45) is 5.73 Å². The summed E-state index contributed by atoms with van der Waals surface area (Å²) in [5.74, 6) is 0.914. The summed E-state index contributed by atoms with van der Waals surface area (Å²) < 4.78 is 5.27. The van der Waals surface area contributed by atoms with E-state index in [4.69, 9.17) is 10.5 Å². The summed E-state index contributed by atoms with van der Waals surface area (Å²) in [4.78, 5) is 14.4. The largest absolute Gasteiger partial charge is 0.497 e. The number of benzene rings is 1. The van der Waals surface area contributed by atoms with Crippen molar-refractivity contribution in [2.45, 2.75) is 44.7 Å². The summed E-state index contributed by atoms with van der Waals surface area (Å²) in [6, 6.07) is 7.74. The van der Waals surface area contributed by atoms with Crippen LogP contribution in [0.1, 0.15) is 44.2 Å². The highest BCUT2D eigenvalue weighted by Crippen LogP contribution is 2.33. The maximum Gasteiger partial charge on any atom is 0.239 e. The van der Waals surface area contributed by atoms with Crippen molar-refractivity contribution in [3.8, 4) is 5.75 Å². The Kier molecular flexibility index (Phi) is 5.01. The summed E-state index contributed by atoms with van der Waals surface area (Å²) in [7, 11) is 1.66. The van der Waals surface area contributed by atoms with Gasteiger partial charge in [0.05, 0.1) is 19.2 Å². The van der Waals surface area contributed by atoms with E-state index in [1.54, 1.807) is 7.11 Å². The summed E-state index contributed by atoms with van der Waals surface area (Å²) >= 11 is 0. The highest BCUT2D eigenvalue weighted by atomic mass is 16.5. The zero-order valence-electron chi connectivity index (χ0n) is 12.3. The molecule has 1 saturated heterocycles. The minimum absolute atomic E-state index is 0.0807. The van der Waals surface area contributed by atoms with Gasteiger partial charge in [-0.1, -0.05) is 25.5 Å². The van der Waals surface area contributed by atoms with E-state index < -0.39 is 0 Å². The fourth-order valence-electron chi connectivity index (χ4n) is 2.87. The zero-order chi connectivity index (χ0) is 14.5. The standard InChI is InChI=1S/C16H24N2O2/c1-3-6-14(17)16(19)18-10-5-9-15(18)12-7-4-8-13(11-12)20-2/h4,7-8,11,14-15H,3,5-6,9-10,17H2,1-2H3/t14-,15?/m0/s1. The van der Waals surface area contributed by atoms with E-state index in [0.717, 1.165) is 43.5 Å². The Bertz CT molecular complexity index is 462. The van der Waals surface area contributed by atoms with Crippen LogP contribution in [-0.4, -0.2) is 30.5 Å². The number of hydrogen-bond donors (Lipinski definition) is 1. The lowest BCUT2D eigenvalue weighted by atomic mass is 10.0. The van der Waals surface area contributed by atoms with E-state index in [-0.39, 0.29) is 18.0 Å². The molecule has 0 aliphatic carbocycles. The Morgan fingerprint density at radius 2 is 2.35 bits per heavy atom. The molecule has 4 nitrogen and oxygen atoms in total. The van der Waals surface area contributed by atoms with Gasteiger partial charge in [0.25, 0.3) is 0 Å². The predicted molar refractivity (Wildman–Crippen MR) is 79.6 cm³/mol. The van der Waals surface area contributed by atoms with Gasteiger partial charge in [0, 0.05) is 6.54 Å². The smallest absolute Gasteiger partial charge is 0.239 e. The number of carbonyl (C=O) groups is 1. The predicted octanol–water partition coefficient (Wildman–Crippen LogP) is 2.49. The summed E-state index contributed by atoms with van der Waals surface area (Å²) in [6.45, 7) is 2.86. The Balaban J connectivity index is 2.16. The Morgan fingerprint density at radius 3 is 3.05 bits per heavy atom. The van der Waals surface area contributed by atoms with Gasteiger partial charge in [0.1, 0.15) is 5.75 Å². The van der Waals surface area contributed by atoms with Crippen molar-refractivity contribution >= 4 is 5.91 Å². The van der Waals surface area contributed by atoms with Crippen LogP contribution in [0.4, 0.5) is 0 Å². The molecule has 1 fully saturated rings. The number of nitrogens with zero attached hydrogens (tertiary/aromatic N) is 1. The number of likely N-dealkylation sites (tertiary alicyclic amines) is 1. The van der Waals surface area contributed by atoms with E-state index in [1.165, 1.54) is 0 Å². The second-order valence-corrected chi connectivity index (χ2v) is 5.36. The molecule has 1 aliphatic rings. The van der Waals surface area contributed by atoms with Crippen LogP contribution in [0.3, 0.4) is 0 Å². The molecule has 1 heterocycles. The molecular weight excluding hydrogens is 252 g/mol. The lowest BCUT2D eigenvalue weighted by molar-refractivity contribution is -0.133. The van der Waals surface area contributed by atoms with E-state index in [1.807, 2.05) is 23.1 Å². The second kappa shape index (κ2) is 6.75. The molecule has 0 spiro atoms. The number of ether oxygens (including phenoxy) is 1. The molecule has 0 aromatic heterocycles. The Labute approximate surface area is 120 Å². The van der Waals surface area contributed by atoms with Gasteiger partial charge >= 0.3 is 0 Å². The van der Waals surface area contributed by atoms with Crippen molar-refractivity contribution in [3.63, 3.8) is 0 Å². The van der Waals surface area contributed by atoms with Crippen LogP contribution in [0.25, 0.3) is 0 Å². The van der Waals surface area contributed by atoms with Crippen molar-refractivity contribution in [2.75, 3.05) is 13.7 Å². The van der Waals surface area contributed by atoms with Gasteiger partial charge in [-0.25, -0.2) is 0 Å². The van der Waals surface area contributed by atoms with Crippen molar-refractivity contribution < 1.29 is 9.53 Å². The van der Waals surface area contributed by atoms with Gasteiger partial charge in [-0.2, -0.15) is 0 Å². The van der Waals surface area contributed by atoms with E-state index in [0.29, 0.717) is 0 Å². The first-order chi connectivity index (χ1) is 9.67. The van der Waals surface area contributed by atoms with E-state index in [2.05, 4.69) is 13.0 Å². The fourth-order valence-corrected chi connectivity index (χ4v) is 2.87. The van der Waals surface area contributed by atoms with Crippen LogP contribution in [0, 0.1) is 0 Å². The molecule has 0 radical (unpaired) electrons. The maximum absolute atomic E-state index is 12.4. The maximum atomic E-state index is 12.4. The number of amides is 1. The van der Waals surface area contributed by atoms with Gasteiger partial charge in [-0.3, -0.25) is 4.79 Å². The summed E-state index contributed by atoms with van der Waals surface area (Å²) in [5.41, 5.74) is 7.13. The van der Waals surface area contributed by atoms with Crippen LogP contribution in [0.15, 0.2) is 24.3 Å². The molecule has 0 saturated carbocycles. The topological polar surface area (TPSA) is 55.6 Å². The fraction of sp³-hybridized carbons (Fsp3) is 0.562. The molecule has 1 unspecified atom stereocenters. The number of methoxy groups -OCH3 is 1. The minimum atomic E-state index is -0.369. The molecule has 1 amide bonds. The van der Waals surface area contributed by atoms with Gasteiger partial charge in [-0.15, -0.1) is 0 Å². The minimum Gasteiger partial charge on any atom is -0.497 e. The molecule has 2 N–H and O–H groups in total. The van der Waals surface area contributed by atoms with E-state index in [9.17, 15) is 4.79 Å². The van der Waals surface area contributed by atoms with Gasteiger partial charge < -0.3 is 15.4 Å². The third-order valence-electron chi connectivity index (χ3n) is 3.93. The van der Waals surface area contributed by atoms with Crippen LogP contribution in [0.5, 0.6) is 5.75 Å². The SMILES string of the molecule is CCC[C@H](N)C(=O)N1CCCC1c1cccc(OC)c1. The highest BCUT2D eigenvalue weighted by Gasteiger charge is 2.32. The van der Waals surface area contributed by atoms with Gasteiger partial charge in [-0.05, 0) is 37.0 Å². The molecule has 4 heteroatoms. The van der Waals surface area contributed by atoms with Crippen LogP contribution < -0.4 is 10.5 Å². The lowest BCUT2D eigenvalue weighted by Gasteiger charge is -2.28. The van der Waals surface area contributed by atoms with Gasteiger partial charge in [0.15, 0.2) is 0 Å². The van der Waals surface area contributed by atoms with Gasteiger partial charge in [0.2, 0.25) is 5.91 Å². The third kappa shape index (κ3) is 3.12. The Morgan fingerprint density at radius 1 is 1.55 bits per heavy atom. The van der Waals surface area contributed by atoms with E-state index >= 15 is 0 Å². The van der Waals surface area contributed by atoms with Crippen molar-refractivity contribution in [3.05, 3.63) is 29.8 Å². The Hall–Kier alpha value is -1.55. The summed E-state index contributed by atoms with van der Waals surface area (Å²) in [5, 5.41) is 0. The van der Waals surface area contributed by atoms with Crippen LogP contribution in [0.2, 0.25) is 0 Å². The van der Waals surface area contributed by atoms with Crippen molar-refractivity contribution in [1.82, 2.24) is 4.90 Å². The normalized spacial score (nSPS) is 19.9. The monoisotopic (exact) mass is 276 g/mol. The molecule has 1 aromatic carbocycles. The number of carbonyl (C=O) groups excluding carboxylic acids is 1. The number of hydrogen-bond acceptors (Lipinski definition) is 3. The average Bonchev–Trinajstić information content (AvgIpc) is 2.96. The first-order valence-corrected chi connectivity index (χ1v) is 7.37. The van der Waals surface area contributed by atoms with Crippen LogP contribution in [-0.2, 0) is 4.79 Å². The molecule has 1 aliphatic heterocycles. The summed E-state index contributed by atoms with van der Waals surface area (Å²) in [6.07, 6.45) is 3.72. The molecule has 2 rings (SSSR count). The molecule has 2 atom stereocenters. The quantitative estimate of drug-likeness (QED) is 0.899. The molecular formula is C16H24N2O2. The highest BCUT2D eigenvalue weighted by molar-refractivity contribution is 5.82. The zero-order valence-corrected chi connectivity index (χ0v) is 12.3.